The Morgan fingerprint density at radius 3 is 2.43 bits per heavy atom. The summed E-state index contributed by atoms with van der Waals surface area (Å²) in [5, 5.41) is 0. The maximum absolute atomic E-state index is 2.53. The van der Waals surface area contributed by atoms with E-state index in [0.717, 1.165) is 8.45 Å². The molecule has 0 bridgehead atoms. The molecule has 3 atom stereocenters. The van der Waals surface area contributed by atoms with E-state index in [9.17, 15) is 0 Å². The van der Waals surface area contributed by atoms with Crippen LogP contribution in [-0.4, -0.2) is 0 Å². The zero-order valence-corrected chi connectivity index (χ0v) is 15.5. The second kappa shape index (κ2) is 6.09. The first-order valence-corrected chi connectivity index (χ1v) is 11.1. The van der Waals surface area contributed by atoms with Crippen LogP contribution in [0, 0.1) is 0 Å². The second-order valence-corrected chi connectivity index (χ2v) is 13.7. The molecule has 2 aliphatic carbocycles. The molecule has 0 N–H and O–H groups in total. The molecular formula is C18H20Cl2Ti. The molecule has 21 heavy (non-hydrogen) atoms. The predicted molar refractivity (Wildman–Crippen MR) is 78.9 cm³/mol. The Morgan fingerprint density at radius 1 is 1.10 bits per heavy atom. The first-order valence-electron chi connectivity index (χ1n) is 7.37. The summed E-state index contributed by atoms with van der Waals surface area (Å²) in [5.74, 6) is 0. The molecule has 0 aromatic heterocycles. The Hall–Kier alpha value is -0.266. The molecule has 3 heteroatoms. The topological polar surface area (TPSA) is 0 Å². The SMILES string of the molecule is CC1=[C]([Ti+2]2([CH]3C=Cc4ccccc43)[CH2][CH]2C)CC=C1.[Cl-].[Cl-]. The number of hydrogen-bond donors (Lipinski definition) is 0. The number of allylic oxidation sites excluding steroid dienone is 5. The van der Waals surface area contributed by atoms with Crippen molar-refractivity contribution < 1.29 is 41.4 Å². The van der Waals surface area contributed by atoms with E-state index in [1.807, 2.05) is 3.88 Å². The molecule has 3 aliphatic rings. The fourth-order valence-corrected chi connectivity index (χ4v) is 14.4. The van der Waals surface area contributed by atoms with Gasteiger partial charge >= 0.3 is 119 Å². The Balaban J connectivity index is 0.000000807. The normalized spacial score (nSPS) is 28.7. The van der Waals surface area contributed by atoms with E-state index in [1.54, 1.807) is 11.1 Å². The van der Waals surface area contributed by atoms with E-state index in [-0.39, 0.29) is 24.8 Å². The summed E-state index contributed by atoms with van der Waals surface area (Å²) < 4.78 is 5.22. The van der Waals surface area contributed by atoms with E-state index in [1.165, 1.54) is 16.7 Å². The first kappa shape index (κ1) is 17.1. The van der Waals surface area contributed by atoms with Crippen LogP contribution >= 0.6 is 0 Å². The third-order valence-electron chi connectivity index (χ3n) is 5.45. The van der Waals surface area contributed by atoms with Crippen molar-refractivity contribution in [2.45, 2.75) is 33.4 Å². The van der Waals surface area contributed by atoms with E-state index >= 15 is 0 Å². The zero-order chi connectivity index (χ0) is 13.0. The van der Waals surface area contributed by atoms with Crippen molar-refractivity contribution in [3.05, 3.63) is 63.1 Å². The van der Waals surface area contributed by atoms with Crippen molar-refractivity contribution in [2.75, 3.05) is 0 Å². The van der Waals surface area contributed by atoms with E-state index in [4.69, 9.17) is 0 Å². The number of hydrogen-bond acceptors (Lipinski definition) is 0. The van der Waals surface area contributed by atoms with Gasteiger partial charge in [-0.25, -0.2) is 0 Å². The maximum atomic E-state index is 2.53. The minimum atomic E-state index is -1.87. The summed E-state index contributed by atoms with van der Waals surface area (Å²) in [6.07, 6.45) is 10.9. The van der Waals surface area contributed by atoms with Crippen LogP contribution in [0.15, 0.2) is 51.9 Å². The Bertz CT molecular complexity index is 644. The van der Waals surface area contributed by atoms with Gasteiger partial charge in [0.05, 0.1) is 0 Å². The number of rotatable bonds is 2. The van der Waals surface area contributed by atoms with Crippen molar-refractivity contribution in [3.8, 4) is 0 Å². The van der Waals surface area contributed by atoms with Crippen LogP contribution in [0.3, 0.4) is 0 Å². The minimum Gasteiger partial charge on any atom is -1.00 e. The standard InChI is InChI=1S/C9H7.C6H7.C3H6.2ClH.Ti/c1-2-5-9-7-3-6-8(9)4-1;1-6-4-2-3-5-6;1-3-2;;;/h1-7H;2,4H,3H2,1H3;3H,1H2,2H3;2*1H;/q;;;;;+2/p-2. The van der Waals surface area contributed by atoms with Crippen LogP contribution < -0.4 is 24.8 Å². The summed E-state index contributed by atoms with van der Waals surface area (Å²) in [5.41, 5.74) is 4.70. The third-order valence-corrected chi connectivity index (χ3v) is 14.9. The van der Waals surface area contributed by atoms with Crippen LogP contribution in [0.5, 0.6) is 0 Å². The third kappa shape index (κ3) is 2.41. The molecule has 0 saturated carbocycles. The molecule has 0 radical (unpaired) electrons. The van der Waals surface area contributed by atoms with E-state index < -0.39 is 16.6 Å². The Labute approximate surface area is 143 Å². The predicted octanol–water partition coefficient (Wildman–Crippen LogP) is -0.609. The summed E-state index contributed by atoms with van der Waals surface area (Å²) in [4.78, 5) is 0. The average Bonchev–Trinajstić information content (AvgIpc) is 2.83. The summed E-state index contributed by atoms with van der Waals surface area (Å²) in [7, 11) is 0. The number of benzene rings is 1. The fourth-order valence-electron chi connectivity index (χ4n) is 4.36. The zero-order valence-electron chi connectivity index (χ0n) is 12.4. The van der Waals surface area contributed by atoms with E-state index in [0.29, 0.717) is 0 Å². The molecule has 1 aromatic rings. The number of fused-ring (bicyclic) bond motifs is 1. The van der Waals surface area contributed by atoms with Crippen LogP contribution in [0.2, 0.25) is 8.95 Å². The van der Waals surface area contributed by atoms with Gasteiger partial charge in [0.1, 0.15) is 0 Å². The first-order chi connectivity index (χ1) is 9.23. The maximum Gasteiger partial charge on any atom is -1.00 e. The van der Waals surface area contributed by atoms with Gasteiger partial charge in [-0.05, 0) is 0 Å². The molecule has 0 nitrogen and oxygen atoms in total. The van der Waals surface area contributed by atoms with Crippen molar-refractivity contribution in [3.63, 3.8) is 0 Å². The van der Waals surface area contributed by atoms with Gasteiger partial charge in [0, 0.05) is 0 Å². The van der Waals surface area contributed by atoms with E-state index in [2.05, 4.69) is 62.4 Å². The van der Waals surface area contributed by atoms with Gasteiger partial charge in [-0.3, -0.25) is 0 Å². The van der Waals surface area contributed by atoms with Crippen LogP contribution in [-0.2, 0) is 16.6 Å². The molecular weight excluding hydrogens is 335 g/mol. The molecule has 1 aliphatic heterocycles. The monoisotopic (exact) mass is 354 g/mol. The molecule has 1 saturated heterocycles. The van der Waals surface area contributed by atoms with Crippen molar-refractivity contribution >= 4 is 6.08 Å². The molecule has 1 fully saturated rings. The van der Waals surface area contributed by atoms with Crippen LogP contribution in [0.4, 0.5) is 0 Å². The average molecular weight is 355 g/mol. The van der Waals surface area contributed by atoms with Gasteiger partial charge in [-0.1, -0.05) is 0 Å². The summed E-state index contributed by atoms with van der Waals surface area (Å²) in [6.45, 7) is 4.84. The quantitative estimate of drug-likeness (QED) is 0.622. The number of halogens is 2. The molecule has 110 valence electrons. The van der Waals surface area contributed by atoms with Crippen molar-refractivity contribution in [1.82, 2.24) is 0 Å². The molecule has 3 unspecified atom stereocenters. The Kier molecular flexibility index (Phi) is 4.95. The Morgan fingerprint density at radius 2 is 1.81 bits per heavy atom. The largest absolute Gasteiger partial charge is 1.00 e. The van der Waals surface area contributed by atoms with Gasteiger partial charge in [-0.15, -0.1) is 0 Å². The second-order valence-electron chi connectivity index (χ2n) is 6.38. The van der Waals surface area contributed by atoms with Gasteiger partial charge in [0.15, 0.2) is 0 Å². The van der Waals surface area contributed by atoms with Crippen molar-refractivity contribution in [2.24, 2.45) is 0 Å². The fraction of sp³-hybridized carbons (Fsp3) is 0.333. The van der Waals surface area contributed by atoms with Gasteiger partial charge < -0.3 is 24.8 Å². The smallest absolute Gasteiger partial charge is 1.00 e. The summed E-state index contributed by atoms with van der Waals surface area (Å²) >= 11 is -1.87. The van der Waals surface area contributed by atoms with Gasteiger partial charge in [-0.2, -0.15) is 0 Å². The van der Waals surface area contributed by atoms with Gasteiger partial charge in [0.25, 0.3) is 0 Å². The van der Waals surface area contributed by atoms with Crippen LogP contribution in [0.1, 0.15) is 35.6 Å². The molecule has 1 aromatic carbocycles. The van der Waals surface area contributed by atoms with Crippen molar-refractivity contribution in [1.29, 1.82) is 0 Å². The van der Waals surface area contributed by atoms with Crippen LogP contribution in [0.25, 0.3) is 6.08 Å². The molecule has 1 heterocycles. The molecule has 0 amide bonds. The molecule has 4 rings (SSSR count). The molecule has 0 spiro atoms. The minimum absolute atomic E-state index is 0. The van der Waals surface area contributed by atoms with Gasteiger partial charge in [0.2, 0.25) is 0 Å². The summed E-state index contributed by atoms with van der Waals surface area (Å²) in [6, 6.07) is 9.04.